The molecule has 1 aliphatic rings. The number of aromatic nitrogens is 1. The summed E-state index contributed by atoms with van der Waals surface area (Å²) in [6.07, 6.45) is 6.04. The lowest BCUT2D eigenvalue weighted by atomic mass is 10.1. The van der Waals surface area contributed by atoms with Crippen molar-refractivity contribution >= 4 is 33.5 Å². The zero-order valence-electron chi connectivity index (χ0n) is 15.8. The van der Waals surface area contributed by atoms with E-state index >= 15 is 0 Å². The molecular weight excluding hydrogens is 330 g/mol. The second-order valence-electron chi connectivity index (χ2n) is 7.49. The van der Waals surface area contributed by atoms with Gasteiger partial charge in [0.1, 0.15) is 0 Å². The topological polar surface area (TPSA) is 19.7 Å². The molecule has 1 aliphatic heterocycles. The predicted octanol–water partition coefficient (Wildman–Crippen LogP) is 6.13. The highest BCUT2D eigenvalue weighted by Crippen LogP contribution is 2.41. The molecule has 0 radical (unpaired) electrons. The van der Waals surface area contributed by atoms with Crippen LogP contribution in [0.4, 0.5) is 17.1 Å². The van der Waals surface area contributed by atoms with Crippen LogP contribution in [0.3, 0.4) is 0 Å². The van der Waals surface area contributed by atoms with Crippen LogP contribution < -0.4 is 10.2 Å². The summed E-state index contributed by atoms with van der Waals surface area (Å²) >= 11 is 0. The molecule has 2 aromatic heterocycles. The Labute approximate surface area is 160 Å². The predicted molar refractivity (Wildman–Crippen MR) is 115 cm³/mol. The van der Waals surface area contributed by atoms with Crippen molar-refractivity contribution < 1.29 is 0 Å². The second-order valence-corrected chi connectivity index (χ2v) is 7.49. The van der Waals surface area contributed by atoms with Crippen molar-refractivity contribution in [1.29, 1.82) is 0 Å². The van der Waals surface area contributed by atoms with Crippen molar-refractivity contribution in [2.24, 2.45) is 0 Å². The van der Waals surface area contributed by atoms with Crippen molar-refractivity contribution in [3.05, 3.63) is 72.4 Å². The molecular formula is C24H25N3. The van der Waals surface area contributed by atoms with Crippen molar-refractivity contribution in [3.8, 4) is 0 Å². The fourth-order valence-corrected chi connectivity index (χ4v) is 4.35. The maximum Gasteiger partial charge on any atom is 0.0873 e. The maximum absolute atomic E-state index is 3.80. The molecule has 1 N–H and O–H groups in total. The minimum atomic E-state index is 1.13. The van der Waals surface area contributed by atoms with Gasteiger partial charge in [0.15, 0.2) is 0 Å². The lowest BCUT2D eigenvalue weighted by Gasteiger charge is -2.32. The van der Waals surface area contributed by atoms with Crippen LogP contribution in [0.5, 0.6) is 0 Å². The van der Waals surface area contributed by atoms with Gasteiger partial charge in [-0.2, -0.15) is 0 Å². The van der Waals surface area contributed by atoms with Crippen LogP contribution in [0.2, 0.25) is 0 Å². The summed E-state index contributed by atoms with van der Waals surface area (Å²) in [5.41, 5.74) is 7.51. The first-order chi connectivity index (χ1) is 13.3. The Hall–Kier alpha value is -2.94. The molecule has 2 aromatic carbocycles. The van der Waals surface area contributed by atoms with Gasteiger partial charge in [0.05, 0.1) is 22.4 Å². The summed E-state index contributed by atoms with van der Waals surface area (Å²) in [6, 6.07) is 21.7. The van der Waals surface area contributed by atoms with E-state index in [1.165, 1.54) is 58.3 Å². The number of anilines is 3. The third kappa shape index (κ3) is 2.74. The molecule has 3 heterocycles. The molecule has 0 spiro atoms. The monoisotopic (exact) mass is 355 g/mol. The van der Waals surface area contributed by atoms with E-state index in [0.717, 1.165) is 13.1 Å². The van der Waals surface area contributed by atoms with E-state index in [4.69, 9.17) is 0 Å². The first-order valence-corrected chi connectivity index (χ1v) is 9.92. The molecule has 0 bridgehead atoms. The number of pyridine rings is 1. The Balaban J connectivity index is 1.80. The fourth-order valence-electron chi connectivity index (χ4n) is 4.35. The SMILES string of the molecule is Cc1ccccc1Nc1c(N2CCCCC2)c2ccccc2n2cccc12. The highest BCUT2D eigenvalue weighted by Gasteiger charge is 2.21. The van der Waals surface area contributed by atoms with Crippen LogP contribution in [0, 0.1) is 6.92 Å². The van der Waals surface area contributed by atoms with Crippen LogP contribution in [-0.2, 0) is 0 Å². The van der Waals surface area contributed by atoms with E-state index in [-0.39, 0.29) is 0 Å². The van der Waals surface area contributed by atoms with Crippen molar-refractivity contribution in [1.82, 2.24) is 4.40 Å². The smallest absolute Gasteiger partial charge is 0.0873 e. The number of hydrogen-bond donors (Lipinski definition) is 1. The summed E-state index contributed by atoms with van der Waals surface area (Å²) in [5, 5.41) is 5.12. The van der Waals surface area contributed by atoms with Crippen molar-refractivity contribution in [3.63, 3.8) is 0 Å². The minimum absolute atomic E-state index is 1.13. The molecule has 136 valence electrons. The molecule has 3 heteroatoms. The molecule has 0 unspecified atom stereocenters. The van der Waals surface area contributed by atoms with Gasteiger partial charge >= 0.3 is 0 Å². The second kappa shape index (κ2) is 6.66. The van der Waals surface area contributed by atoms with E-state index in [1.807, 2.05) is 0 Å². The highest BCUT2D eigenvalue weighted by molar-refractivity contribution is 6.06. The van der Waals surface area contributed by atoms with Gasteiger partial charge in [-0.15, -0.1) is 0 Å². The number of para-hydroxylation sites is 2. The molecule has 1 fully saturated rings. The lowest BCUT2D eigenvalue weighted by Crippen LogP contribution is -2.30. The molecule has 0 saturated carbocycles. The van der Waals surface area contributed by atoms with Gasteiger partial charge in [0.25, 0.3) is 0 Å². The Morgan fingerprint density at radius 3 is 2.37 bits per heavy atom. The largest absolute Gasteiger partial charge is 0.369 e. The summed E-state index contributed by atoms with van der Waals surface area (Å²) in [4.78, 5) is 2.58. The number of rotatable bonds is 3. The molecule has 0 aliphatic carbocycles. The zero-order valence-corrected chi connectivity index (χ0v) is 15.8. The first-order valence-electron chi connectivity index (χ1n) is 9.92. The van der Waals surface area contributed by atoms with Crippen LogP contribution >= 0.6 is 0 Å². The van der Waals surface area contributed by atoms with Crippen LogP contribution in [0.1, 0.15) is 24.8 Å². The third-order valence-corrected chi connectivity index (χ3v) is 5.74. The summed E-state index contributed by atoms with van der Waals surface area (Å²) in [7, 11) is 0. The number of nitrogens with one attached hydrogen (secondary N) is 1. The quantitative estimate of drug-likeness (QED) is 0.476. The van der Waals surface area contributed by atoms with E-state index in [9.17, 15) is 0 Å². The number of aryl methyl sites for hydroxylation is 1. The van der Waals surface area contributed by atoms with Crippen molar-refractivity contribution in [2.45, 2.75) is 26.2 Å². The van der Waals surface area contributed by atoms with E-state index in [1.54, 1.807) is 0 Å². The minimum Gasteiger partial charge on any atom is -0.369 e. The van der Waals surface area contributed by atoms with Crippen LogP contribution in [0.25, 0.3) is 16.4 Å². The summed E-state index contributed by atoms with van der Waals surface area (Å²) < 4.78 is 2.31. The molecule has 0 amide bonds. The van der Waals surface area contributed by atoms with Gasteiger partial charge in [0, 0.05) is 30.4 Å². The zero-order chi connectivity index (χ0) is 18.2. The first kappa shape index (κ1) is 16.2. The standard InChI is InChI=1S/C24H25N3/c1-18-10-3-5-12-20(18)25-23-22-14-9-17-27(22)21-13-6-4-11-19(21)24(23)26-15-7-2-8-16-26/h3-6,9-14,17,25H,2,7-8,15-16H2,1H3. The molecule has 1 saturated heterocycles. The number of benzene rings is 2. The van der Waals surface area contributed by atoms with Gasteiger partial charge in [-0.05, 0) is 56.0 Å². The van der Waals surface area contributed by atoms with Crippen LogP contribution in [-0.4, -0.2) is 17.5 Å². The Morgan fingerprint density at radius 2 is 1.52 bits per heavy atom. The fraction of sp³-hybridized carbons (Fsp3) is 0.250. The van der Waals surface area contributed by atoms with E-state index in [0.29, 0.717) is 0 Å². The number of hydrogen-bond acceptors (Lipinski definition) is 2. The number of piperidine rings is 1. The third-order valence-electron chi connectivity index (χ3n) is 5.74. The van der Waals surface area contributed by atoms with Crippen molar-refractivity contribution in [2.75, 3.05) is 23.3 Å². The highest BCUT2D eigenvalue weighted by atomic mass is 15.2. The van der Waals surface area contributed by atoms with Gasteiger partial charge in [-0.1, -0.05) is 36.4 Å². The number of fused-ring (bicyclic) bond motifs is 3. The van der Waals surface area contributed by atoms with Crippen LogP contribution in [0.15, 0.2) is 66.9 Å². The summed E-state index contributed by atoms with van der Waals surface area (Å²) in [5.74, 6) is 0. The normalized spacial score (nSPS) is 14.8. The lowest BCUT2D eigenvalue weighted by molar-refractivity contribution is 0.579. The maximum atomic E-state index is 3.80. The Bertz CT molecular complexity index is 1100. The van der Waals surface area contributed by atoms with Gasteiger partial charge in [0.2, 0.25) is 0 Å². The average molecular weight is 355 g/mol. The van der Waals surface area contributed by atoms with Gasteiger partial charge in [-0.25, -0.2) is 0 Å². The van der Waals surface area contributed by atoms with Gasteiger partial charge < -0.3 is 14.6 Å². The molecule has 27 heavy (non-hydrogen) atoms. The van der Waals surface area contributed by atoms with Gasteiger partial charge in [-0.3, -0.25) is 0 Å². The number of nitrogens with zero attached hydrogens (tertiary/aromatic N) is 2. The molecule has 0 atom stereocenters. The molecule has 4 aromatic rings. The molecule has 3 nitrogen and oxygen atoms in total. The van der Waals surface area contributed by atoms with E-state index in [2.05, 4.69) is 88.4 Å². The average Bonchev–Trinajstić information content (AvgIpc) is 3.21. The Morgan fingerprint density at radius 1 is 0.778 bits per heavy atom. The summed E-state index contributed by atoms with van der Waals surface area (Å²) in [6.45, 7) is 4.42. The molecule has 5 rings (SSSR count). The van der Waals surface area contributed by atoms with E-state index < -0.39 is 0 Å². The Kier molecular flexibility index (Phi) is 4.01.